The first-order valence-corrected chi connectivity index (χ1v) is 12.0. The van der Waals surface area contributed by atoms with Crippen LogP contribution in [0, 0.1) is 0 Å². The molecular formula is C19H24N4O3S2. The smallest absolute Gasteiger partial charge is 0.257 e. The van der Waals surface area contributed by atoms with E-state index in [1.165, 1.54) is 42.7 Å². The molecule has 2 heterocycles. The molecule has 150 valence electrons. The topological polar surface area (TPSA) is 91.4 Å². The number of likely N-dealkylation sites (tertiary alicyclic amines) is 1. The van der Waals surface area contributed by atoms with E-state index >= 15 is 0 Å². The van der Waals surface area contributed by atoms with Crippen LogP contribution in [0.5, 0.6) is 0 Å². The molecule has 0 atom stereocenters. The van der Waals surface area contributed by atoms with Crippen molar-refractivity contribution < 1.29 is 13.2 Å². The Hall–Kier alpha value is -1.81. The van der Waals surface area contributed by atoms with E-state index in [1.807, 2.05) is 5.38 Å². The number of carbonyl (C=O) groups excluding carboxylic acids is 1. The highest BCUT2D eigenvalue weighted by Gasteiger charge is 2.28. The summed E-state index contributed by atoms with van der Waals surface area (Å²) in [6.45, 7) is 2.98. The van der Waals surface area contributed by atoms with Crippen molar-refractivity contribution in [1.29, 1.82) is 0 Å². The highest BCUT2D eigenvalue weighted by atomic mass is 32.2. The molecule has 1 aromatic heterocycles. The van der Waals surface area contributed by atoms with Crippen molar-refractivity contribution in [3.05, 3.63) is 40.9 Å². The molecule has 0 spiro atoms. The van der Waals surface area contributed by atoms with Crippen LogP contribution in [-0.2, 0) is 16.6 Å². The van der Waals surface area contributed by atoms with Gasteiger partial charge in [-0.3, -0.25) is 15.0 Å². The maximum atomic E-state index is 12.6. The van der Waals surface area contributed by atoms with Gasteiger partial charge in [0.05, 0.1) is 10.6 Å². The average Bonchev–Trinajstić information content (AvgIpc) is 3.39. The Morgan fingerprint density at radius 2 is 2.00 bits per heavy atom. The molecule has 7 nitrogen and oxygen atoms in total. The third-order valence-corrected chi connectivity index (χ3v) is 7.24. The molecule has 1 aromatic carbocycles. The van der Waals surface area contributed by atoms with Crippen LogP contribution < -0.4 is 10.0 Å². The number of amides is 1. The van der Waals surface area contributed by atoms with Crippen molar-refractivity contribution in [2.45, 2.75) is 49.6 Å². The molecule has 2 aromatic rings. The summed E-state index contributed by atoms with van der Waals surface area (Å²) >= 11 is 1.39. The van der Waals surface area contributed by atoms with Crippen molar-refractivity contribution in [1.82, 2.24) is 14.6 Å². The Morgan fingerprint density at radius 3 is 2.75 bits per heavy atom. The van der Waals surface area contributed by atoms with Gasteiger partial charge in [0.15, 0.2) is 5.13 Å². The van der Waals surface area contributed by atoms with E-state index < -0.39 is 10.0 Å². The minimum atomic E-state index is -3.59. The number of nitrogens with one attached hydrogen (secondary N) is 2. The Labute approximate surface area is 169 Å². The summed E-state index contributed by atoms with van der Waals surface area (Å²) in [6.07, 6.45) is 5.47. The molecule has 0 unspecified atom stereocenters. The van der Waals surface area contributed by atoms with Crippen LogP contribution in [0.3, 0.4) is 0 Å². The first-order valence-electron chi connectivity index (χ1n) is 9.60. The van der Waals surface area contributed by atoms with Gasteiger partial charge in [0.25, 0.3) is 5.91 Å². The number of benzene rings is 1. The van der Waals surface area contributed by atoms with Gasteiger partial charge in [0.1, 0.15) is 0 Å². The molecule has 28 heavy (non-hydrogen) atoms. The van der Waals surface area contributed by atoms with E-state index in [2.05, 4.69) is 19.9 Å². The lowest BCUT2D eigenvalue weighted by Crippen LogP contribution is -2.29. The lowest BCUT2D eigenvalue weighted by Gasteiger charge is -2.25. The van der Waals surface area contributed by atoms with Gasteiger partial charge in [0, 0.05) is 23.5 Å². The summed E-state index contributed by atoms with van der Waals surface area (Å²) in [6, 6.07) is 6.12. The van der Waals surface area contributed by atoms with Crippen molar-refractivity contribution in [2.75, 3.05) is 18.4 Å². The van der Waals surface area contributed by atoms with E-state index in [0.717, 1.165) is 38.2 Å². The highest BCUT2D eigenvalue weighted by molar-refractivity contribution is 7.89. The molecule has 9 heteroatoms. The number of anilines is 1. The van der Waals surface area contributed by atoms with Gasteiger partial charge >= 0.3 is 0 Å². The van der Waals surface area contributed by atoms with Crippen LogP contribution in [0.2, 0.25) is 0 Å². The summed E-state index contributed by atoms with van der Waals surface area (Å²) in [5.41, 5.74) is 1.25. The highest BCUT2D eigenvalue weighted by Crippen LogP contribution is 2.23. The number of hydrogen-bond donors (Lipinski definition) is 2. The summed E-state index contributed by atoms with van der Waals surface area (Å²) < 4.78 is 27.3. The molecule has 1 saturated heterocycles. The van der Waals surface area contributed by atoms with Crippen LogP contribution in [-0.4, -0.2) is 43.3 Å². The minimum Gasteiger partial charge on any atom is -0.298 e. The molecule has 1 aliphatic carbocycles. The molecule has 1 aliphatic heterocycles. The number of carbonyl (C=O) groups is 1. The SMILES string of the molecule is O=C(Nc1nc(CN2CCCCC2)cs1)c1cccc(S(=O)(=O)NC2CC2)c1. The van der Waals surface area contributed by atoms with Gasteiger partial charge in [-0.25, -0.2) is 18.1 Å². The number of piperidine rings is 1. The second kappa shape index (κ2) is 8.28. The molecule has 4 rings (SSSR count). The summed E-state index contributed by atoms with van der Waals surface area (Å²) in [7, 11) is -3.59. The van der Waals surface area contributed by atoms with Crippen LogP contribution in [0.1, 0.15) is 48.2 Å². The third-order valence-electron chi connectivity index (χ3n) is 4.91. The Balaban J connectivity index is 1.40. The first kappa shape index (κ1) is 19.5. The van der Waals surface area contributed by atoms with Crippen molar-refractivity contribution in [2.24, 2.45) is 0 Å². The second-order valence-electron chi connectivity index (χ2n) is 7.36. The van der Waals surface area contributed by atoms with Gasteiger partial charge in [-0.15, -0.1) is 11.3 Å². The van der Waals surface area contributed by atoms with E-state index in [4.69, 9.17) is 0 Å². The second-order valence-corrected chi connectivity index (χ2v) is 9.93. The van der Waals surface area contributed by atoms with Crippen molar-refractivity contribution >= 4 is 32.4 Å². The molecule has 0 bridgehead atoms. The quantitative estimate of drug-likeness (QED) is 0.719. The van der Waals surface area contributed by atoms with Crippen LogP contribution in [0.15, 0.2) is 34.5 Å². The fourth-order valence-electron chi connectivity index (χ4n) is 3.25. The molecule has 0 radical (unpaired) electrons. The first-order chi connectivity index (χ1) is 13.5. The number of sulfonamides is 1. The number of thiazole rings is 1. The number of rotatable bonds is 7. The summed E-state index contributed by atoms with van der Waals surface area (Å²) in [5.74, 6) is -0.359. The van der Waals surface area contributed by atoms with Crippen LogP contribution >= 0.6 is 11.3 Å². The van der Waals surface area contributed by atoms with Gasteiger partial charge < -0.3 is 0 Å². The maximum Gasteiger partial charge on any atom is 0.257 e. The Morgan fingerprint density at radius 1 is 1.21 bits per heavy atom. The van der Waals surface area contributed by atoms with E-state index in [1.54, 1.807) is 12.1 Å². The van der Waals surface area contributed by atoms with Gasteiger partial charge in [-0.2, -0.15) is 0 Å². The molecular weight excluding hydrogens is 396 g/mol. The lowest BCUT2D eigenvalue weighted by molar-refractivity contribution is 0.102. The molecule has 2 N–H and O–H groups in total. The van der Waals surface area contributed by atoms with E-state index in [9.17, 15) is 13.2 Å². The standard InChI is InChI=1S/C19H24N4O3S2/c24-18(14-5-4-6-17(11-14)28(25,26)22-15-7-8-15)21-19-20-16(13-27-19)12-23-9-2-1-3-10-23/h4-6,11,13,15,22H,1-3,7-10,12H2,(H,20,21,24). The van der Waals surface area contributed by atoms with E-state index in [0.29, 0.717) is 10.7 Å². The molecule has 1 amide bonds. The van der Waals surface area contributed by atoms with Crippen LogP contribution in [0.25, 0.3) is 0 Å². The zero-order chi connectivity index (χ0) is 19.6. The fourth-order valence-corrected chi connectivity index (χ4v) is 5.29. The van der Waals surface area contributed by atoms with Gasteiger partial charge in [-0.1, -0.05) is 12.5 Å². The molecule has 1 saturated carbocycles. The van der Waals surface area contributed by atoms with Gasteiger partial charge in [0.2, 0.25) is 10.0 Å². The minimum absolute atomic E-state index is 0.0242. The molecule has 2 aliphatic rings. The van der Waals surface area contributed by atoms with Crippen LogP contribution in [0.4, 0.5) is 5.13 Å². The number of nitrogens with zero attached hydrogens (tertiary/aromatic N) is 2. The zero-order valence-corrected chi connectivity index (χ0v) is 17.2. The monoisotopic (exact) mass is 420 g/mol. The predicted molar refractivity (Wildman–Crippen MR) is 109 cm³/mol. The summed E-state index contributed by atoms with van der Waals surface area (Å²) in [4.78, 5) is 19.5. The third kappa shape index (κ3) is 4.96. The number of aromatic nitrogens is 1. The van der Waals surface area contributed by atoms with Crippen molar-refractivity contribution in [3.8, 4) is 0 Å². The maximum absolute atomic E-state index is 12.6. The van der Waals surface area contributed by atoms with Crippen molar-refractivity contribution in [3.63, 3.8) is 0 Å². The molecule has 2 fully saturated rings. The Kier molecular flexibility index (Phi) is 5.77. The average molecular weight is 421 g/mol. The largest absolute Gasteiger partial charge is 0.298 e. The predicted octanol–water partition coefficient (Wildman–Crippen LogP) is 2.82. The number of hydrogen-bond acceptors (Lipinski definition) is 6. The zero-order valence-electron chi connectivity index (χ0n) is 15.6. The normalized spacial score (nSPS) is 18.1. The van der Waals surface area contributed by atoms with Gasteiger partial charge in [-0.05, 0) is 57.0 Å². The fraction of sp³-hybridized carbons (Fsp3) is 0.474. The lowest BCUT2D eigenvalue weighted by atomic mass is 10.1. The Bertz CT molecular complexity index is 948. The van der Waals surface area contributed by atoms with E-state index in [-0.39, 0.29) is 16.8 Å². The summed E-state index contributed by atoms with van der Waals surface area (Å²) in [5, 5.41) is 5.27.